The lowest BCUT2D eigenvalue weighted by Gasteiger charge is -2.14. The van der Waals surface area contributed by atoms with Crippen molar-refractivity contribution in [3.63, 3.8) is 0 Å². The Morgan fingerprint density at radius 1 is 0.969 bits per heavy atom. The maximum Gasteiger partial charge on any atom is 0.273 e. The molecule has 2 heterocycles. The van der Waals surface area contributed by atoms with Gasteiger partial charge in [-0.1, -0.05) is 60.7 Å². The molecular formula is C23H18N2O5S2. The molecule has 0 aliphatic rings. The summed E-state index contributed by atoms with van der Waals surface area (Å²) in [6.45, 7) is 0.247. The van der Waals surface area contributed by atoms with Crippen LogP contribution in [0.3, 0.4) is 0 Å². The highest BCUT2D eigenvalue weighted by Crippen LogP contribution is 2.24. The number of carbonyl (C=O) groups excluding carboxylic acids is 1. The second-order valence-electron chi connectivity index (χ2n) is 6.95. The Kier molecular flexibility index (Phi) is 5.93. The molecule has 0 atom stereocenters. The molecule has 0 spiro atoms. The first-order chi connectivity index (χ1) is 15.3. The van der Waals surface area contributed by atoms with Crippen LogP contribution in [-0.2, 0) is 16.6 Å². The van der Waals surface area contributed by atoms with Gasteiger partial charge in [-0.2, -0.15) is 0 Å². The summed E-state index contributed by atoms with van der Waals surface area (Å²) < 4.78 is 28.0. The average Bonchev–Trinajstić information content (AvgIpc) is 3.33. The van der Waals surface area contributed by atoms with Crippen molar-refractivity contribution < 1.29 is 18.3 Å². The Hall–Kier alpha value is -3.69. The van der Waals surface area contributed by atoms with E-state index >= 15 is 0 Å². The van der Waals surface area contributed by atoms with Crippen molar-refractivity contribution in [1.29, 1.82) is 0 Å². The van der Waals surface area contributed by atoms with E-state index in [9.17, 15) is 23.1 Å². The highest BCUT2D eigenvalue weighted by Gasteiger charge is 2.23. The molecule has 9 heteroatoms. The molecular weight excluding hydrogens is 448 g/mol. The molecule has 32 heavy (non-hydrogen) atoms. The van der Waals surface area contributed by atoms with Crippen LogP contribution in [-0.4, -0.2) is 24.0 Å². The van der Waals surface area contributed by atoms with Crippen LogP contribution in [0.4, 0.5) is 0 Å². The van der Waals surface area contributed by atoms with Crippen molar-refractivity contribution in [3.05, 3.63) is 106 Å². The van der Waals surface area contributed by atoms with Crippen LogP contribution in [0.5, 0.6) is 5.75 Å². The number of nitrogens with one attached hydrogen (secondary N) is 1. The lowest BCUT2D eigenvalue weighted by molar-refractivity contribution is 0.0979. The van der Waals surface area contributed by atoms with E-state index in [1.807, 2.05) is 59.3 Å². The van der Waals surface area contributed by atoms with Gasteiger partial charge in [-0.05, 0) is 28.1 Å². The zero-order chi connectivity index (χ0) is 22.7. The fourth-order valence-electron chi connectivity index (χ4n) is 3.27. The van der Waals surface area contributed by atoms with E-state index in [4.69, 9.17) is 0 Å². The van der Waals surface area contributed by atoms with E-state index in [-0.39, 0.29) is 10.8 Å². The molecule has 7 nitrogen and oxygen atoms in total. The topological polar surface area (TPSA) is 105 Å². The minimum atomic E-state index is -4.12. The van der Waals surface area contributed by atoms with Crippen LogP contribution < -0.4 is 10.2 Å². The maximum atomic E-state index is 12.6. The summed E-state index contributed by atoms with van der Waals surface area (Å²) in [5.74, 6) is -1.76. The Labute approximate surface area is 188 Å². The summed E-state index contributed by atoms with van der Waals surface area (Å²) in [5.41, 5.74) is 1.42. The number of hydrogen-bond donors (Lipinski definition) is 2. The second-order valence-corrected chi connectivity index (χ2v) is 9.81. The monoisotopic (exact) mass is 466 g/mol. The summed E-state index contributed by atoms with van der Waals surface area (Å²) in [5, 5.41) is 11.7. The molecule has 4 rings (SSSR count). The van der Waals surface area contributed by atoms with Gasteiger partial charge in [0.05, 0.1) is 6.20 Å². The molecule has 1 amide bonds. The Morgan fingerprint density at radius 3 is 2.41 bits per heavy atom. The number of carbonyl (C=O) groups is 1. The van der Waals surface area contributed by atoms with Gasteiger partial charge in [-0.25, -0.2) is 13.1 Å². The fraction of sp³-hybridized carbons (Fsp3) is 0.0435. The van der Waals surface area contributed by atoms with Gasteiger partial charge in [0, 0.05) is 12.7 Å². The van der Waals surface area contributed by atoms with Crippen LogP contribution in [0.15, 0.2) is 93.5 Å². The van der Waals surface area contributed by atoms with Crippen LogP contribution >= 0.6 is 11.3 Å². The lowest BCUT2D eigenvalue weighted by atomic mass is 9.99. The summed E-state index contributed by atoms with van der Waals surface area (Å²) in [4.78, 5) is 25.0. The van der Waals surface area contributed by atoms with Gasteiger partial charge in [0.2, 0.25) is 5.43 Å². The molecule has 4 aromatic rings. The highest BCUT2D eigenvalue weighted by atomic mass is 32.2. The zero-order valence-corrected chi connectivity index (χ0v) is 18.3. The van der Waals surface area contributed by atoms with Gasteiger partial charge in [-0.3, -0.25) is 9.59 Å². The second kappa shape index (κ2) is 8.81. The number of aromatic hydroxyl groups is 1. The van der Waals surface area contributed by atoms with E-state index in [1.165, 1.54) is 29.1 Å². The fourth-order valence-corrected chi connectivity index (χ4v) is 5.23. The number of thiophene rings is 1. The predicted octanol–water partition coefficient (Wildman–Crippen LogP) is 3.45. The van der Waals surface area contributed by atoms with Crippen LogP contribution in [0.1, 0.15) is 15.9 Å². The molecule has 0 saturated heterocycles. The smallest absolute Gasteiger partial charge is 0.273 e. The van der Waals surface area contributed by atoms with Crippen LogP contribution in [0.25, 0.3) is 11.1 Å². The number of benzene rings is 2. The van der Waals surface area contributed by atoms with Gasteiger partial charge < -0.3 is 9.67 Å². The molecule has 0 unspecified atom stereocenters. The molecule has 0 radical (unpaired) electrons. The van der Waals surface area contributed by atoms with Gasteiger partial charge in [0.25, 0.3) is 15.9 Å². The van der Waals surface area contributed by atoms with Crippen LogP contribution in [0, 0.1) is 0 Å². The lowest BCUT2D eigenvalue weighted by Crippen LogP contribution is -2.34. The first kappa shape index (κ1) is 21.5. The summed E-state index contributed by atoms with van der Waals surface area (Å²) in [6.07, 6.45) is 2.46. The van der Waals surface area contributed by atoms with E-state index in [0.717, 1.165) is 28.0 Å². The Morgan fingerprint density at radius 2 is 1.69 bits per heavy atom. The van der Waals surface area contributed by atoms with Gasteiger partial charge in [0.1, 0.15) is 9.77 Å². The van der Waals surface area contributed by atoms with E-state index in [0.29, 0.717) is 0 Å². The van der Waals surface area contributed by atoms with Gasteiger partial charge in [0.15, 0.2) is 5.75 Å². The van der Waals surface area contributed by atoms with Crippen molar-refractivity contribution in [2.75, 3.05) is 0 Å². The number of aromatic nitrogens is 1. The predicted molar refractivity (Wildman–Crippen MR) is 122 cm³/mol. The SMILES string of the molecule is O=C(NS(=O)(=O)c1cccs1)c1cn(Cc2ccccc2-c2ccccc2)cc(O)c1=O. The minimum Gasteiger partial charge on any atom is -0.503 e. The first-order valence-corrected chi connectivity index (χ1v) is 11.9. The van der Waals surface area contributed by atoms with Crippen molar-refractivity contribution in [2.45, 2.75) is 10.8 Å². The number of nitrogens with zero attached hydrogens (tertiary/aromatic N) is 1. The number of hydrogen-bond acceptors (Lipinski definition) is 6. The molecule has 0 aliphatic carbocycles. The maximum absolute atomic E-state index is 12.6. The standard InChI is InChI=1S/C23H18N2O5S2/c26-20-15-25(13-17-9-4-5-10-18(17)16-7-2-1-3-8-16)14-19(22(20)27)23(28)24-32(29,30)21-11-6-12-31-21/h1-12,14-15,26H,13H2,(H,24,28). The zero-order valence-electron chi connectivity index (χ0n) is 16.6. The van der Waals surface area contributed by atoms with E-state index in [2.05, 4.69) is 0 Å². The van der Waals surface area contributed by atoms with Crippen molar-refractivity contribution in [2.24, 2.45) is 0 Å². The quantitative estimate of drug-likeness (QED) is 0.453. The van der Waals surface area contributed by atoms with Crippen LogP contribution in [0.2, 0.25) is 0 Å². The molecule has 0 fully saturated rings. The number of pyridine rings is 1. The summed E-state index contributed by atoms with van der Waals surface area (Å²) in [6, 6.07) is 20.2. The van der Waals surface area contributed by atoms with Crippen molar-refractivity contribution >= 4 is 27.3 Å². The number of rotatable bonds is 6. The molecule has 2 aromatic carbocycles. The normalized spacial score (nSPS) is 11.2. The largest absolute Gasteiger partial charge is 0.503 e. The summed E-state index contributed by atoms with van der Waals surface area (Å²) >= 11 is 0.943. The van der Waals surface area contributed by atoms with Gasteiger partial charge >= 0.3 is 0 Å². The molecule has 0 bridgehead atoms. The highest BCUT2D eigenvalue weighted by molar-refractivity contribution is 7.92. The third-order valence-electron chi connectivity index (χ3n) is 4.75. The molecule has 2 aromatic heterocycles. The van der Waals surface area contributed by atoms with Crippen molar-refractivity contribution in [1.82, 2.24) is 9.29 Å². The van der Waals surface area contributed by atoms with Gasteiger partial charge in [-0.15, -0.1) is 11.3 Å². The average molecular weight is 467 g/mol. The molecule has 0 aliphatic heterocycles. The summed E-state index contributed by atoms with van der Waals surface area (Å²) in [7, 11) is -4.12. The first-order valence-electron chi connectivity index (χ1n) is 9.52. The van der Waals surface area contributed by atoms with E-state index < -0.39 is 32.7 Å². The number of sulfonamides is 1. The molecule has 0 saturated carbocycles. The third-order valence-corrected chi connectivity index (χ3v) is 7.48. The molecule has 2 N–H and O–H groups in total. The number of amides is 1. The van der Waals surface area contributed by atoms with E-state index in [1.54, 1.807) is 5.38 Å². The Balaban J connectivity index is 1.67. The van der Waals surface area contributed by atoms with Crippen molar-refractivity contribution in [3.8, 4) is 16.9 Å². The Bertz CT molecular complexity index is 1430. The minimum absolute atomic E-state index is 0.0527. The molecule has 162 valence electrons. The third kappa shape index (κ3) is 4.48.